The van der Waals surface area contributed by atoms with E-state index >= 15 is 0 Å². The smallest absolute Gasteiger partial charge is 0.138 e. The van der Waals surface area contributed by atoms with Gasteiger partial charge in [-0.1, -0.05) is 6.07 Å². The Bertz CT molecular complexity index is 384. The molecule has 4 nitrogen and oxygen atoms in total. The predicted octanol–water partition coefficient (Wildman–Crippen LogP) is 1.28. The lowest BCUT2D eigenvalue weighted by molar-refractivity contribution is 0.414. The molecule has 0 saturated heterocycles. The molecule has 1 aromatic carbocycles. The molecule has 0 aliphatic rings. The van der Waals surface area contributed by atoms with Gasteiger partial charge in [-0.3, -0.25) is 0 Å². The number of rotatable bonds is 2. The fourth-order valence-electron chi connectivity index (χ4n) is 1.09. The van der Waals surface area contributed by atoms with E-state index in [-0.39, 0.29) is 0 Å². The average molecular weight is 175 g/mol. The minimum Gasteiger partial charge on any atom is -0.497 e. The second kappa shape index (κ2) is 3.26. The van der Waals surface area contributed by atoms with Crippen LogP contribution in [-0.4, -0.2) is 21.9 Å². The van der Waals surface area contributed by atoms with E-state index in [0.717, 1.165) is 11.4 Å². The Labute approximate surface area is 75.8 Å². The van der Waals surface area contributed by atoms with Crippen LogP contribution in [-0.2, 0) is 0 Å². The zero-order valence-corrected chi connectivity index (χ0v) is 7.21. The van der Waals surface area contributed by atoms with E-state index in [0.29, 0.717) is 0 Å². The summed E-state index contributed by atoms with van der Waals surface area (Å²) in [5.41, 5.74) is 0.942. The Hall–Kier alpha value is -1.84. The first-order valence-electron chi connectivity index (χ1n) is 3.89. The highest BCUT2D eigenvalue weighted by Crippen LogP contribution is 2.14. The second-order valence-electron chi connectivity index (χ2n) is 2.54. The lowest BCUT2D eigenvalue weighted by Crippen LogP contribution is -1.94. The highest BCUT2D eigenvalue weighted by molar-refractivity contribution is 5.37. The summed E-state index contributed by atoms with van der Waals surface area (Å²) >= 11 is 0. The molecule has 66 valence electrons. The van der Waals surface area contributed by atoms with Gasteiger partial charge in [-0.25, -0.2) is 9.67 Å². The minimum absolute atomic E-state index is 0.813. The Kier molecular flexibility index (Phi) is 1.96. The van der Waals surface area contributed by atoms with Crippen LogP contribution in [0.5, 0.6) is 5.75 Å². The van der Waals surface area contributed by atoms with Crippen LogP contribution in [0.4, 0.5) is 0 Å². The molecule has 0 unspecified atom stereocenters. The quantitative estimate of drug-likeness (QED) is 0.690. The first-order chi connectivity index (χ1) is 6.40. The molecule has 0 spiro atoms. The summed E-state index contributed by atoms with van der Waals surface area (Å²) in [5, 5.41) is 4.01. The zero-order chi connectivity index (χ0) is 9.10. The van der Waals surface area contributed by atoms with Gasteiger partial charge in [-0.2, -0.15) is 5.10 Å². The lowest BCUT2D eigenvalue weighted by Gasteiger charge is -2.02. The first-order valence-corrected chi connectivity index (χ1v) is 3.89. The fraction of sp³-hybridized carbons (Fsp3) is 0.111. The molecule has 2 aromatic rings. The summed E-state index contributed by atoms with van der Waals surface area (Å²) in [4.78, 5) is 3.87. The third-order valence-corrected chi connectivity index (χ3v) is 1.74. The van der Waals surface area contributed by atoms with Crippen LogP contribution in [0.15, 0.2) is 36.9 Å². The van der Waals surface area contributed by atoms with Crippen LogP contribution in [0.25, 0.3) is 5.69 Å². The Morgan fingerprint density at radius 2 is 2.31 bits per heavy atom. The third-order valence-electron chi connectivity index (χ3n) is 1.74. The SMILES string of the molecule is COc1cccc(-n2cncn2)c1. The summed E-state index contributed by atoms with van der Waals surface area (Å²) in [6.07, 6.45) is 3.15. The Balaban J connectivity index is 2.41. The van der Waals surface area contributed by atoms with E-state index < -0.39 is 0 Å². The molecule has 1 heterocycles. The summed E-state index contributed by atoms with van der Waals surface area (Å²) in [6, 6.07) is 7.64. The van der Waals surface area contributed by atoms with Gasteiger partial charge in [0.1, 0.15) is 18.4 Å². The first kappa shape index (κ1) is 7.79. The van der Waals surface area contributed by atoms with Crippen molar-refractivity contribution >= 4 is 0 Å². The highest BCUT2D eigenvalue weighted by atomic mass is 16.5. The van der Waals surface area contributed by atoms with Crippen molar-refractivity contribution in [2.45, 2.75) is 0 Å². The molecule has 0 aliphatic heterocycles. The molecule has 0 bridgehead atoms. The number of benzene rings is 1. The van der Waals surface area contributed by atoms with Crippen LogP contribution in [0.3, 0.4) is 0 Å². The average Bonchev–Trinajstić information content (AvgIpc) is 2.71. The number of ether oxygens (including phenoxy) is 1. The Morgan fingerprint density at radius 1 is 1.38 bits per heavy atom. The third kappa shape index (κ3) is 1.51. The maximum atomic E-state index is 5.09. The summed E-state index contributed by atoms with van der Waals surface area (Å²) < 4.78 is 6.77. The fourth-order valence-corrected chi connectivity index (χ4v) is 1.09. The van der Waals surface area contributed by atoms with Crippen molar-refractivity contribution in [2.75, 3.05) is 7.11 Å². The molecule has 4 heteroatoms. The minimum atomic E-state index is 0.813. The van der Waals surface area contributed by atoms with Crippen molar-refractivity contribution in [1.82, 2.24) is 14.8 Å². The number of hydrogen-bond donors (Lipinski definition) is 0. The summed E-state index contributed by atoms with van der Waals surface area (Å²) in [7, 11) is 1.64. The van der Waals surface area contributed by atoms with Gasteiger partial charge >= 0.3 is 0 Å². The molecule has 0 aliphatic carbocycles. The van der Waals surface area contributed by atoms with Gasteiger partial charge in [0.25, 0.3) is 0 Å². The van der Waals surface area contributed by atoms with Crippen molar-refractivity contribution < 1.29 is 4.74 Å². The standard InChI is InChI=1S/C9H9N3O/c1-13-9-4-2-3-8(5-9)12-7-10-6-11-12/h2-7H,1H3. The molecule has 13 heavy (non-hydrogen) atoms. The van der Waals surface area contributed by atoms with E-state index in [4.69, 9.17) is 4.74 Å². The largest absolute Gasteiger partial charge is 0.497 e. The summed E-state index contributed by atoms with van der Waals surface area (Å²) in [6.45, 7) is 0. The molecule has 2 rings (SSSR count). The van der Waals surface area contributed by atoms with E-state index in [9.17, 15) is 0 Å². The monoisotopic (exact) mass is 175 g/mol. The molecule has 0 atom stereocenters. The lowest BCUT2D eigenvalue weighted by atomic mass is 10.3. The molecule has 0 amide bonds. The van der Waals surface area contributed by atoms with Gasteiger partial charge in [0, 0.05) is 6.07 Å². The number of methoxy groups -OCH3 is 1. The topological polar surface area (TPSA) is 39.9 Å². The van der Waals surface area contributed by atoms with E-state index in [1.165, 1.54) is 6.33 Å². The van der Waals surface area contributed by atoms with Gasteiger partial charge in [0.2, 0.25) is 0 Å². The van der Waals surface area contributed by atoms with E-state index in [1.807, 2.05) is 24.3 Å². The molecule has 0 saturated carbocycles. The Morgan fingerprint density at radius 3 is 3.00 bits per heavy atom. The normalized spacial score (nSPS) is 9.92. The predicted molar refractivity (Wildman–Crippen MR) is 47.9 cm³/mol. The second-order valence-corrected chi connectivity index (χ2v) is 2.54. The van der Waals surface area contributed by atoms with Crippen LogP contribution in [0.2, 0.25) is 0 Å². The molecular formula is C9H9N3O. The highest BCUT2D eigenvalue weighted by Gasteiger charge is 1.97. The molecule has 0 fully saturated rings. The molecule has 1 aromatic heterocycles. The van der Waals surface area contributed by atoms with E-state index in [2.05, 4.69) is 10.1 Å². The number of hydrogen-bond acceptors (Lipinski definition) is 3. The van der Waals surface area contributed by atoms with E-state index in [1.54, 1.807) is 18.1 Å². The van der Waals surface area contributed by atoms with Crippen LogP contribution < -0.4 is 4.74 Å². The van der Waals surface area contributed by atoms with Crippen LogP contribution >= 0.6 is 0 Å². The van der Waals surface area contributed by atoms with Crippen molar-refractivity contribution in [3.8, 4) is 11.4 Å². The van der Waals surface area contributed by atoms with Gasteiger partial charge in [0.05, 0.1) is 12.8 Å². The maximum absolute atomic E-state index is 5.09. The van der Waals surface area contributed by atoms with Gasteiger partial charge in [-0.15, -0.1) is 0 Å². The van der Waals surface area contributed by atoms with Gasteiger partial charge in [0.15, 0.2) is 0 Å². The van der Waals surface area contributed by atoms with Crippen molar-refractivity contribution in [2.24, 2.45) is 0 Å². The molecule has 0 N–H and O–H groups in total. The zero-order valence-electron chi connectivity index (χ0n) is 7.21. The number of aromatic nitrogens is 3. The van der Waals surface area contributed by atoms with Crippen LogP contribution in [0, 0.1) is 0 Å². The van der Waals surface area contributed by atoms with Crippen molar-refractivity contribution in [1.29, 1.82) is 0 Å². The van der Waals surface area contributed by atoms with Crippen molar-refractivity contribution in [3.63, 3.8) is 0 Å². The molecule has 0 radical (unpaired) electrons. The number of nitrogens with zero attached hydrogens (tertiary/aromatic N) is 3. The van der Waals surface area contributed by atoms with Gasteiger partial charge < -0.3 is 4.74 Å². The van der Waals surface area contributed by atoms with Crippen LogP contribution in [0.1, 0.15) is 0 Å². The summed E-state index contributed by atoms with van der Waals surface area (Å²) in [5.74, 6) is 0.813. The van der Waals surface area contributed by atoms with Gasteiger partial charge in [-0.05, 0) is 12.1 Å². The molecular weight excluding hydrogens is 166 g/mol. The van der Waals surface area contributed by atoms with Crippen molar-refractivity contribution in [3.05, 3.63) is 36.9 Å². The maximum Gasteiger partial charge on any atom is 0.138 e.